The molecule has 0 amide bonds. The second kappa shape index (κ2) is 17.6. The second-order valence-electron chi connectivity index (χ2n) is 16.4. The molecule has 8 bridgehead atoms. The normalized spacial score (nSPS) is 23.1. The number of aromatic nitrogens is 3. The van der Waals surface area contributed by atoms with Gasteiger partial charge in [0, 0.05) is 76.6 Å². The molecule has 2 aromatic heterocycles. The zero-order valence-electron chi connectivity index (χ0n) is 31.8. The summed E-state index contributed by atoms with van der Waals surface area (Å²) < 4.78 is 17.8. The molecule has 0 spiro atoms. The lowest BCUT2D eigenvalue weighted by Gasteiger charge is -2.46. The summed E-state index contributed by atoms with van der Waals surface area (Å²) in [5.74, 6) is 3.33. The van der Waals surface area contributed by atoms with Crippen molar-refractivity contribution in [2.24, 2.45) is 5.92 Å². The van der Waals surface area contributed by atoms with E-state index in [0.29, 0.717) is 51.1 Å². The van der Waals surface area contributed by atoms with E-state index in [0.717, 1.165) is 74.2 Å². The summed E-state index contributed by atoms with van der Waals surface area (Å²) in [5, 5.41) is 0. The summed E-state index contributed by atoms with van der Waals surface area (Å²) >= 11 is 0. The molecular weight excluding hydrogens is 647 g/mol. The SMILES string of the molecule is COCCOCC1CN2CCC(C)CCCN(C)c3ccc(cn3)-c3ccnc(n3)N(COCC[SH](C)(C)(C)C)c3cccc(c3)CN1CC2. The van der Waals surface area contributed by atoms with Crippen LogP contribution in [0.5, 0.6) is 0 Å². The molecule has 50 heavy (non-hydrogen) atoms. The van der Waals surface area contributed by atoms with Gasteiger partial charge in [0.25, 0.3) is 0 Å². The summed E-state index contributed by atoms with van der Waals surface area (Å²) in [6.45, 7) is 11.5. The minimum Gasteiger partial charge on any atom is -0.382 e. The maximum atomic E-state index is 6.39. The molecule has 0 N–H and O–H groups in total. The number of hydrogen-bond donors (Lipinski definition) is 1. The first-order valence-corrected chi connectivity index (χ1v) is 22.6. The fraction of sp³-hybridized carbons (Fsp3) is 0.615. The predicted molar refractivity (Wildman–Crippen MR) is 212 cm³/mol. The van der Waals surface area contributed by atoms with Crippen LogP contribution >= 0.6 is 9.16 Å². The summed E-state index contributed by atoms with van der Waals surface area (Å²) in [4.78, 5) is 24.3. The average molecular weight is 710 g/mol. The molecule has 0 saturated carbocycles. The maximum absolute atomic E-state index is 6.39. The number of thiol groups is 1. The number of methoxy groups -OCH3 is 1. The van der Waals surface area contributed by atoms with Gasteiger partial charge in [0.15, 0.2) is 0 Å². The molecule has 3 aromatic rings. The van der Waals surface area contributed by atoms with Crippen molar-refractivity contribution >= 4 is 26.6 Å². The number of rotatable bonds is 10. The largest absolute Gasteiger partial charge is 0.382 e. The summed E-state index contributed by atoms with van der Waals surface area (Å²) in [6.07, 6.45) is 16.9. The Morgan fingerprint density at radius 1 is 0.900 bits per heavy atom. The number of nitrogens with zero attached hydrogens (tertiary/aromatic N) is 7. The van der Waals surface area contributed by atoms with Gasteiger partial charge in [-0.3, -0.25) is 19.0 Å². The number of benzene rings is 1. The van der Waals surface area contributed by atoms with Crippen molar-refractivity contribution in [2.75, 3.05) is 121 Å². The quantitative estimate of drug-likeness (QED) is 0.211. The van der Waals surface area contributed by atoms with E-state index in [1.165, 1.54) is 18.4 Å². The first kappa shape index (κ1) is 38.4. The average Bonchev–Trinajstić information content (AvgIpc) is 3.09. The van der Waals surface area contributed by atoms with E-state index in [4.69, 9.17) is 29.2 Å². The van der Waals surface area contributed by atoms with Gasteiger partial charge in [0.05, 0.1) is 32.1 Å². The molecule has 4 unspecified atom stereocenters. The van der Waals surface area contributed by atoms with Crippen LogP contribution in [0, 0.1) is 5.92 Å². The third-order valence-corrected chi connectivity index (χ3v) is 11.8. The fourth-order valence-electron chi connectivity index (χ4n) is 6.52. The molecule has 4 atom stereocenters. The molecule has 1 aromatic carbocycles. The molecule has 10 nitrogen and oxygen atoms in total. The smallest absolute Gasteiger partial charge is 0.232 e. The number of pyridine rings is 1. The van der Waals surface area contributed by atoms with E-state index in [-0.39, 0.29) is 0 Å². The Bertz CT molecular complexity index is 1480. The van der Waals surface area contributed by atoms with Gasteiger partial charge in [-0.25, -0.2) is 15.0 Å². The van der Waals surface area contributed by atoms with Crippen molar-refractivity contribution in [1.82, 2.24) is 24.8 Å². The molecule has 8 rings (SSSR count). The topological polar surface area (TPSA) is 79.3 Å². The molecular formula is C39H63N7O3S. The van der Waals surface area contributed by atoms with Crippen molar-refractivity contribution < 1.29 is 14.2 Å². The van der Waals surface area contributed by atoms with Crippen LogP contribution in [0.2, 0.25) is 0 Å². The molecule has 1 saturated heterocycles. The van der Waals surface area contributed by atoms with Crippen LogP contribution in [0.1, 0.15) is 31.7 Å². The Kier molecular flexibility index (Phi) is 13.5. The van der Waals surface area contributed by atoms with E-state index in [1.54, 1.807) is 7.11 Å². The van der Waals surface area contributed by atoms with E-state index in [9.17, 15) is 0 Å². The second-order valence-corrected chi connectivity index (χ2v) is 24.7. The fourth-order valence-corrected chi connectivity index (χ4v) is 7.38. The molecule has 1 fully saturated rings. The minimum absolute atomic E-state index is 0.314. The van der Waals surface area contributed by atoms with Crippen molar-refractivity contribution in [3.05, 3.63) is 60.4 Å². The highest BCUT2D eigenvalue weighted by Gasteiger charge is 2.28. The zero-order chi connectivity index (χ0) is 35.6. The Labute approximate surface area is 301 Å². The first-order chi connectivity index (χ1) is 23.9. The van der Waals surface area contributed by atoms with Gasteiger partial charge < -0.3 is 24.0 Å². The third kappa shape index (κ3) is 11.9. The molecule has 11 heteroatoms. The third-order valence-electron chi connectivity index (χ3n) is 9.84. The van der Waals surface area contributed by atoms with Gasteiger partial charge in [-0.15, -0.1) is 0 Å². The van der Waals surface area contributed by atoms with Gasteiger partial charge in [-0.05, 0) is 98.4 Å². The van der Waals surface area contributed by atoms with Gasteiger partial charge in [0.1, 0.15) is 12.5 Å². The van der Waals surface area contributed by atoms with E-state index in [2.05, 4.69) is 95.0 Å². The van der Waals surface area contributed by atoms with Gasteiger partial charge in [-0.1, -0.05) is 19.1 Å². The molecule has 0 aliphatic carbocycles. The highest BCUT2D eigenvalue weighted by Crippen LogP contribution is 2.54. The Morgan fingerprint density at radius 2 is 1.76 bits per heavy atom. The number of hydrogen-bond acceptors (Lipinski definition) is 10. The lowest BCUT2D eigenvalue weighted by atomic mass is 10.0. The van der Waals surface area contributed by atoms with Crippen LogP contribution in [-0.4, -0.2) is 142 Å². The maximum Gasteiger partial charge on any atom is 0.232 e. The van der Waals surface area contributed by atoms with Crippen molar-refractivity contribution in [1.29, 1.82) is 0 Å². The van der Waals surface area contributed by atoms with Crippen molar-refractivity contribution in [2.45, 2.75) is 38.8 Å². The predicted octanol–water partition coefficient (Wildman–Crippen LogP) is 5.65. The monoisotopic (exact) mass is 709 g/mol. The van der Waals surface area contributed by atoms with Crippen LogP contribution in [0.3, 0.4) is 0 Å². The van der Waals surface area contributed by atoms with Crippen LogP contribution in [0.4, 0.5) is 17.5 Å². The van der Waals surface area contributed by atoms with Crippen LogP contribution in [-0.2, 0) is 20.8 Å². The number of ether oxygens (including phenoxy) is 3. The van der Waals surface area contributed by atoms with Gasteiger partial charge >= 0.3 is 0 Å². The highest BCUT2D eigenvalue weighted by atomic mass is 32.3. The lowest BCUT2D eigenvalue weighted by molar-refractivity contribution is -0.00811. The standard InChI is InChI=1S/C39H63N7O3S/c1-32-10-9-18-43(2)38-14-13-34(27-41-38)37-15-17-40-39(42-37)46(31-49-24-25-50(4,5,6)7)35-12-8-11-33(26-35)28-45-21-20-44(19-16-32)29-36(45)30-48-23-22-47-3/h8,11-15,17,26-27,32,36,50H,9-10,16,18-25,28-31H2,1-7H3. The molecule has 5 aliphatic heterocycles. The van der Waals surface area contributed by atoms with E-state index >= 15 is 0 Å². The van der Waals surface area contributed by atoms with Gasteiger partial charge in [0.2, 0.25) is 5.95 Å². The first-order valence-electron chi connectivity index (χ1n) is 18.4. The molecule has 5 aliphatic rings. The highest BCUT2D eigenvalue weighted by molar-refractivity contribution is 8.47. The Morgan fingerprint density at radius 3 is 2.54 bits per heavy atom. The van der Waals surface area contributed by atoms with Crippen LogP contribution < -0.4 is 9.80 Å². The summed E-state index contributed by atoms with van der Waals surface area (Å²) in [6, 6.07) is 15.3. The Balaban J connectivity index is 1.45. The van der Waals surface area contributed by atoms with E-state index < -0.39 is 9.16 Å². The van der Waals surface area contributed by atoms with Crippen LogP contribution in [0.15, 0.2) is 54.9 Å². The van der Waals surface area contributed by atoms with Crippen molar-refractivity contribution in [3.63, 3.8) is 0 Å². The van der Waals surface area contributed by atoms with Gasteiger partial charge in [-0.2, -0.15) is 0 Å². The summed E-state index contributed by atoms with van der Waals surface area (Å²) in [7, 11) is 2.16. The molecule has 278 valence electrons. The van der Waals surface area contributed by atoms with E-state index in [1.807, 2.05) is 18.5 Å². The lowest BCUT2D eigenvalue weighted by Crippen LogP contribution is -2.54. The summed E-state index contributed by atoms with van der Waals surface area (Å²) in [5.41, 5.74) is 4.08. The zero-order valence-corrected chi connectivity index (χ0v) is 32.7. The minimum atomic E-state index is -1.70. The molecule has 7 heterocycles. The Hall–Kier alpha value is -2.80. The van der Waals surface area contributed by atoms with Crippen LogP contribution in [0.25, 0.3) is 11.3 Å². The number of anilines is 3. The number of piperazine rings is 1. The molecule has 0 radical (unpaired) electrons. The van der Waals surface area contributed by atoms with Crippen molar-refractivity contribution in [3.8, 4) is 11.3 Å².